The fourth-order valence-electron chi connectivity index (χ4n) is 1.54. The lowest BCUT2D eigenvalue weighted by Gasteiger charge is -2.12. The topological polar surface area (TPSA) is 33.1 Å². The molecule has 0 unspecified atom stereocenters. The third kappa shape index (κ3) is 3.32. The minimum Gasteiger partial charge on any atom is -0.332 e. The standard InChI is InChI=1S/C11H20N4/c1-14(2)5-6-15-9-12-7-11(15)8-13-10-3-4-10/h7,9-10,13H,3-6,8H2,1-2H3. The van der Waals surface area contributed by atoms with Crippen LogP contribution in [-0.2, 0) is 13.1 Å². The Balaban J connectivity index is 1.83. The van der Waals surface area contributed by atoms with E-state index >= 15 is 0 Å². The highest BCUT2D eigenvalue weighted by Gasteiger charge is 2.20. The second kappa shape index (κ2) is 4.77. The normalized spacial score (nSPS) is 16.2. The molecular formula is C11H20N4. The van der Waals surface area contributed by atoms with Gasteiger partial charge in [-0.15, -0.1) is 0 Å². The van der Waals surface area contributed by atoms with Crippen molar-refractivity contribution in [3.63, 3.8) is 0 Å². The van der Waals surface area contributed by atoms with Gasteiger partial charge in [-0.05, 0) is 26.9 Å². The molecule has 0 radical (unpaired) electrons. The van der Waals surface area contributed by atoms with Crippen LogP contribution in [0.25, 0.3) is 0 Å². The van der Waals surface area contributed by atoms with Gasteiger partial charge in [-0.25, -0.2) is 4.98 Å². The lowest BCUT2D eigenvalue weighted by Crippen LogP contribution is -2.22. The van der Waals surface area contributed by atoms with Gasteiger partial charge in [0.05, 0.1) is 12.0 Å². The van der Waals surface area contributed by atoms with Crippen molar-refractivity contribution in [1.82, 2.24) is 19.8 Å². The van der Waals surface area contributed by atoms with Gasteiger partial charge in [0.15, 0.2) is 0 Å². The van der Waals surface area contributed by atoms with Gasteiger partial charge in [-0.2, -0.15) is 0 Å². The van der Waals surface area contributed by atoms with Gasteiger partial charge in [-0.1, -0.05) is 0 Å². The fourth-order valence-corrected chi connectivity index (χ4v) is 1.54. The summed E-state index contributed by atoms with van der Waals surface area (Å²) in [4.78, 5) is 6.40. The van der Waals surface area contributed by atoms with E-state index in [4.69, 9.17) is 0 Å². The molecule has 0 bridgehead atoms. The lowest BCUT2D eigenvalue weighted by molar-refractivity contribution is 0.380. The van der Waals surface area contributed by atoms with E-state index in [2.05, 4.69) is 33.9 Å². The van der Waals surface area contributed by atoms with Gasteiger partial charge in [0.25, 0.3) is 0 Å². The van der Waals surface area contributed by atoms with Crippen molar-refractivity contribution in [3.05, 3.63) is 18.2 Å². The summed E-state index contributed by atoms with van der Waals surface area (Å²) in [6, 6.07) is 0.766. The number of hydrogen-bond acceptors (Lipinski definition) is 3. The summed E-state index contributed by atoms with van der Waals surface area (Å²) in [7, 11) is 4.19. The molecule has 2 rings (SSSR count). The zero-order chi connectivity index (χ0) is 10.7. The van der Waals surface area contributed by atoms with E-state index < -0.39 is 0 Å². The molecule has 1 aliphatic rings. The van der Waals surface area contributed by atoms with E-state index in [1.54, 1.807) is 0 Å². The molecular weight excluding hydrogens is 188 g/mol. The smallest absolute Gasteiger partial charge is 0.0949 e. The van der Waals surface area contributed by atoms with Crippen molar-refractivity contribution < 1.29 is 0 Å². The molecule has 15 heavy (non-hydrogen) atoms. The first-order chi connectivity index (χ1) is 7.25. The van der Waals surface area contributed by atoms with Gasteiger partial charge < -0.3 is 14.8 Å². The van der Waals surface area contributed by atoms with E-state index in [9.17, 15) is 0 Å². The van der Waals surface area contributed by atoms with E-state index in [1.165, 1.54) is 18.5 Å². The average Bonchev–Trinajstić information content (AvgIpc) is 2.92. The number of hydrogen-bond donors (Lipinski definition) is 1. The van der Waals surface area contributed by atoms with Crippen LogP contribution in [0.5, 0.6) is 0 Å². The zero-order valence-corrected chi connectivity index (χ0v) is 9.61. The largest absolute Gasteiger partial charge is 0.332 e. The number of rotatable bonds is 6. The Kier molecular flexibility index (Phi) is 3.38. The second-order valence-corrected chi connectivity index (χ2v) is 4.54. The van der Waals surface area contributed by atoms with Crippen molar-refractivity contribution >= 4 is 0 Å². The van der Waals surface area contributed by atoms with Crippen LogP contribution in [0.3, 0.4) is 0 Å². The average molecular weight is 208 g/mol. The van der Waals surface area contributed by atoms with Gasteiger partial charge in [0.2, 0.25) is 0 Å². The molecule has 1 aromatic heterocycles. The molecule has 84 valence electrons. The molecule has 1 saturated carbocycles. The number of nitrogens with one attached hydrogen (secondary N) is 1. The molecule has 1 heterocycles. The van der Waals surface area contributed by atoms with Gasteiger partial charge in [-0.3, -0.25) is 0 Å². The summed E-state index contributed by atoms with van der Waals surface area (Å²) in [5.41, 5.74) is 1.30. The molecule has 0 atom stereocenters. The van der Waals surface area contributed by atoms with E-state index in [-0.39, 0.29) is 0 Å². The van der Waals surface area contributed by atoms with E-state index in [0.29, 0.717) is 0 Å². The summed E-state index contributed by atoms with van der Waals surface area (Å²) < 4.78 is 2.23. The van der Waals surface area contributed by atoms with Crippen molar-refractivity contribution in [3.8, 4) is 0 Å². The predicted octanol–water partition coefficient (Wildman–Crippen LogP) is 0.697. The minimum atomic E-state index is 0.766. The minimum absolute atomic E-state index is 0.766. The Morgan fingerprint density at radius 3 is 3.00 bits per heavy atom. The summed E-state index contributed by atoms with van der Waals surface area (Å²) in [5.74, 6) is 0. The Labute approximate surface area is 91.3 Å². The van der Waals surface area contributed by atoms with Crippen LogP contribution < -0.4 is 5.32 Å². The molecule has 0 aliphatic heterocycles. The number of nitrogens with zero attached hydrogens (tertiary/aromatic N) is 3. The van der Waals surface area contributed by atoms with Gasteiger partial charge in [0.1, 0.15) is 0 Å². The van der Waals surface area contributed by atoms with Crippen LogP contribution in [-0.4, -0.2) is 41.1 Å². The number of aromatic nitrogens is 2. The third-order valence-electron chi connectivity index (χ3n) is 2.74. The SMILES string of the molecule is CN(C)CCn1cncc1CNC1CC1. The van der Waals surface area contributed by atoms with Crippen molar-refractivity contribution in [2.75, 3.05) is 20.6 Å². The highest BCUT2D eigenvalue weighted by Crippen LogP contribution is 2.19. The van der Waals surface area contributed by atoms with Crippen molar-refractivity contribution in [2.24, 2.45) is 0 Å². The number of imidazole rings is 1. The first-order valence-electron chi connectivity index (χ1n) is 5.63. The number of likely N-dealkylation sites (N-methyl/N-ethyl adjacent to an activating group) is 1. The summed E-state index contributed by atoms with van der Waals surface area (Å²) >= 11 is 0. The van der Waals surface area contributed by atoms with Crippen LogP contribution in [0.4, 0.5) is 0 Å². The molecule has 1 fully saturated rings. The highest BCUT2D eigenvalue weighted by atomic mass is 15.1. The maximum atomic E-state index is 4.20. The maximum absolute atomic E-state index is 4.20. The van der Waals surface area contributed by atoms with Crippen LogP contribution in [0.2, 0.25) is 0 Å². The Hall–Kier alpha value is -0.870. The highest BCUT2D eigenvalue weighted by molar-refractivity contribution is 4.99. The molecule has 1 aromatic rings. The molecule has 0 aromatic carbocycles. The molecule has 1 aliphatic carbocycles. The Morgan fingerprint density at radius 2 is 2.33 bits per heavy atom. The van der Waals surface area contributed by atoms with Crippen molar-refractivity contribution in [2.45, 2.75) is 32.0 Å². The predicted molar refractivity (Wildman–Crippen MR) is 60.6 cm³/mol. The van der Waals surface area contributed by atoms with Crippen molar-refractivity contribution in [1.29, 1.82) is 0 Å². The lowest BCUT2D eigenvalue weighted by atomic mass is 10.4. The molecule has 0 saturated heterocycles. The first kappa shape index (κ1) is 10.6. The third-order valence-corrected chi connectivity index (χ3v) is 2.74. The molecule has 1 N–H and O–H groups in total. The van der Waals surface area contributed by atoms with Crippen LogP contribution in [0.15, 0.2) is 12.5 Å². The van der Waals surface area contributed by atoms with Crippen LogP contribution in [0, 0.1) is 0 Å². The quantitative estimate of drug-likeness (QED) is 0.747. The summed E-state index contributed by atoms with van der Waals surface area (Å²) in [5, 5.41) is 3.51. The van der Waals surface area contributed by atoms with Gasteiger partial charge in [0, 0.05) is 31.9 Å². The first-order valence-corrected chi connectivity index (χ1v) is 5.63. The Bertz CT molecular complexity index is 281. The molecule has 0 spiro atoms. The monoisotopic (exact) mass is 208 g/mol. The molecule has 4 nitrogen and oxygen atoms in total. The molecule has 4 heteroatoms. The Morgan fingerprint density at radius 1 is 1.53 bits per heavy atom. The van der Waals surface area contributed by atoms with E-state index in [1.807, 2.05) is 12.5 Å². The zero-order valence-electron chi connectivity index (χ0n) is 9.61. The molecule has 0 amide bonds. The maximum Gasteiger partial charge on any atom is 0.0949 e. The summed E-state index contributed by atoms with van der Waals surface area (Å²) in [6.07, 6.45) is 6.57. The van der Waals surface area contributed by atoms with Crippen LogP contribution in [0.1, 0.15) is 18.5 Å². The fraction of sp³-hybridized carbons (Fsp3) is 0.727. The second-order valence-electron chi connectivity index (χ2n) is 4.54. The summed E-state index contributed by atoms with van der Waals surface area (Å²) in [6.45, 7) is 3.04. The van der Waals surface area contributed by atoms with Crippen LogP contribution >= 0.6 is 0 Å². The van der Waals surface area contributed by atoms with E-state index in [0.717, 1.165) is 25.7 Å². The van der Waals surface area contributed by atoms with Gasteiger partial charge >= 0.3 is 0 Å².